The molecular formula is C17H20N2O3. The molecule has 1 heterocycles. The predicted octanol–water partition coefficient (Wildman–Crippen LogP) is 2.56. The summed E-state index contributed by atoms with van der Waals surface area (Å²) in [5, 5.41) is 10.0. The SMILES string of the molecule is CC(c1ccccc1)n1cncc1C(=O)OCC1(O)CCC1. The minimum atomic E-state index is -0.828. The highest BCUT2D eigenvalue weighted by Crippen LogP contribution is 2.32. The van der Waals surface area contributed by atoms with Gasteiger partial charge in [0.2, 0.25) is 0 Å². The maximum Gasteiger partial charge on any atom is 0.356 e. The van der Waals surface area contributed by atoms with Crippen LogP contribution in [0.25, 0.3) is 0 Å². The molecule has 116 valence electrons. The van der Waals surface area contributed by atoms with Gasteiger partial charge in [-0.15, -0.1) is 0 Å². The summed E-state index contributed by atoms with van der Waals surface area (Å²) in [5.74, 6) is -0.444. The first-order valence-electron chi connectivity index (χ1n) is 7.55. The fourth-order valence-corrected chi connectivity index (χ4v) is 2.67. The lowest BCUT2D eigenvalue weighted by Crippen LogP contribution is -2.42. The van der Waals surface area contributed by atoms with Gasteiger partial charge in [-0.05, 0) is 31.7 Å². The summed E-state index contributed by atoms with van der Waals surface area (Å²) in [6, 6.07) is 9.89. The summed E-state index contributed by atoms with van der Waals surface area (Å²) >= 11 is 0. The summed E-state index contributed by atoms with van der Waals surface area (Å²) in [6.45, 7) is 2.06. The topological polar surface area (TPSA) is 64.4 Å². The van der Waals surface area contributed by atoms with E-state index in [1.165, 1.54) is 6.20 Å². The van der Waals surface area contributed by atoms with Crippen molar-refractivity contribution in [2.75, 3.05) is 6.61 Å². The third kappa shape index (κ3) is 2.90. The van der Waals surface area contributed by atoms with Gasteiger partial charge in [0.15, 0.2) is 0 Å². The van der Waals surface area contributed by atoms with Crippen LogP contribution in [-0.2, 0) is 4.74 Å². The molecule has 0 saturated heterocycles. The number of esters is 1. The summed E-state index contributed by atoms with van der Waals surface area (Å²) in [6.07, 6.45) is 5.51. The Morgan fingerprint density at radius 2 is 2.14 bits per heavy atom. The van der Waals surface area contributed by atoms with Crippen molar-refractivity contribution >= 4 is 5.97 Å². The van der Waals surface area contributed by atoms with Crippen molar-refractivity contribution in [3.8, 4) is 0 Å². The molecule has 1 N–H and O–H groups in total. The van der Waals surface area contributed by atoms with Gasteiger partial charge in [0.05, 0.1) is 24.2 Å². The standard InChI is InChI=1S/C17H20N2O3/c1-13(14-6-3-2-4-7-14)19-12-18-10-15(19)16(20)22-11-17(21)8-5-9-17/h2-4,6-7,10,12-13,21H,5,8-9,11H2,1H3. The zero-order valence-corrected chi connectivity index (χ0v) is 12.6. The van der Waals surface area contributed by atoms with E-state index >= 15 is 0 Å². The van der Waals surface area contributed by atoms with Crippen molar-refractivity contribution in [3.05, 3.63) is 54.1 Å². The number of benzene rings is 1. The van der Waals surface area contributed by atoms with Gasteiger partial charge in [0.25, 0.3) is 0 Å². The molecule has 0 aliphatic heterocycles. The molecule has 0 bridgehead atoms. The van der Waals surface area contributed by atoms with Crippen molar-refractivity contribution in [2.45, 2.75) is 37.8 Å². The Balaban J connectivity index is 1.72. The zero-order valence-electron chi connectivity index (χ0n) is 12.6. The fourth-order valence-electron chi connectivity index (χ4n) is 2.67. The Hall–Kier alpha value is -2.14. The van der Waals surface area contributed by atoms with Crippen LogP contribution in [0.15, 0.2) is 42.9 Å². The first-order chi connectivity index (χ1) is 10.6. The van der Waals surface area contributed by atoms with Crippen molar-refractivity contribution in [2.24, 2.45) is 0 Å². The molecule has 1 aliphatic rings. The first kappa shape index (κ1) is 14.8. The molecule has 1 atom stereocenters. The second-order valence-corrected chi connectivity index (χ2v) is 5.93. The lowest BCUT2D eigenvalue weighted by Gasteiger charge is -2.35. The van der Waals surface area contributed by atoms with Gasteiger partial charge < -0.3 is 14.4 Å². The molecule has 1 aliphatic carbocycles. The number of imidazole rings is 1. The van der Waals surface area contributed by atoms with Crippen LogP contribution < -0.4 is 0 Å². The van der Waals surface area contributed by atoms with E-state index in [1.807, 2.05) is 37.3 Å². The van der Waals surface area contributed by atoms with E-state index in [0.717, 1.165) is 12.0 Å². The molecule has 0 spiro atoms. The summed E-state index contributed by atoms with van der Waals surface area (Å²) in [7, 11) is 0. The number of rotatable bonds is 5. The molecule has 1 aromatic heterocycles. The molecule has 1 saturated carbocycles. The molecular weight excluding hydrogens is 280 g/mol. The van der Waals surface area contributed by atoms with Crippen molar-refractivity contribution in [1.82, 2.24) is 9.55 Å². The van der Waals surface area contributed by atoms with Crippen molar-refractivity contribution < 1.29 is 14.6 Å². The third-order valence-electron chi connectivity index (χ3n) is 4.33. The predicted molar refractivity (Wildman–Crippen MR) is 81.6 cm³/mol. The molecule has 5 heteroatoms. The Morgan fingerprint density at radius 3 is 2.77 bits per heavy atom. The zero-order chi connectivity index (χ0) is 15.6. The number of ether oxygens (including phenoxy) is 1. The van der Waals surface area contributed by atoms with E-state index in [-0.39, 0.29) is 12.6 Å². The van der Waals surface area contributed by atoms with E-state index < -0.39 is 11.6 Å². The summed E-state index contributed by atoms with van der Waals surface area (Å²) in [5.41, 5.74) is 0.664. The number of carbonyl (C=O) groups is 1. The summed E-state index contributed by atoms with van der Waals surface area (Å²) in [4.78, 5) is 16.3. The van der Waals surface area contributed by atoms with Crippen LogP contribution in [0.5, 0.6) is 0 Å². The van der Waals surface area contributed by atoms with Crippen LogP contribution in [0.1, 0.15) is 48.3 Å². The molecule has 3 rings (SSSR count). The van der Waals surface area contributed by atoms with Crippen LogP contribution in [0.2, 0.25) is 0 Å². The maximum absolute atomic E-state index is 12.3. The van der Waals surface area contributed by atoms with Crippen LogP contribution >= 0.6 is 0 Å². The Labute approximate surface area is 129 Å². The third-order valence-corrected chi connectivity index (χ3v) is 4.33. The molecule has 22 heavy (non-hydrogen) atoms. The highest BCUT2D eigenvalue weighted by Gasteiger charge is 2.36. The van der Waals surface area contributed by atoms with Crippen LogP contribution in [0.3, 0.4) is 0 Å². The first-order valence-corrected chi connectivity index (χ1v) is 7.55. The fraction of sp³-hybridized carbons (Fsp3) is 0.412. The average Bonchev–Trinajstić information content (AvgIpc) is 3.00. The number of aliphatic hydroxyl groups is 1. The van der Waals surface area contributed by atoms with E-state index in [9.17, 15) is 9.90 Å². The molecule has 1 aromatic carbocycles. The molecule has 0 amide bonds. The molecule has 1 fully saturated rings. The average molecular weight is 300 g/mol. The lowest BCUT2D eigenvalue weighted by molar-refractivity contribution is -0.0812. The molecule has 0 radical (unpaired) electrons. The maximum atomic E-state index is 12.3. The van der Waals surface area contributed by atoms with E-state index in [1.54, 1.807) is 10.9 Å². The Bertz CT molecular complexity index is 647. The highest BCUT2D eigenvalue weighted by atomic mass is 16.5. The second-order valence-electron chi connectivity index (χ2n) is 5.93. The van der Waals surface area contributed by atoms with E-state index in [4.69, 9.17) is 4.74 Å². The molecule has 5 nitrogen and oxygen atoms in total. The number of aromatic nitrogens is 2. The van der Waals surface area contributed by atoms with Gasteiger partial charge in [0, 0.05) is 0 Å². The summed E-state index contributed by atoms with van der Waals surface area (Å²) < 4.78 is 7.06. The molecule has 1 unspecified atom stereocenters. The van der Waals surface area contributed by atoms with Gasteiger partial charge >= 0.3 is 5.97 Å². The number of nitrogens with zero attached hydrogens (tertiary/aromatic N) is 2. The normalized spacial score (nSPS) is 17.5. The highest BCUT2D eigenvalue weighted by molar-refractivity contribution is 5.87. The van der Waals surface area contributed by atoms with Gasteiger partial charge in [-0.1, -0.05) is 30.3 Å². The van der Waals surface area contributed by atoms with Crippen molar-refractivity contribution in [3.63, 3.8) is 0 Å². The van der Waals surface area contributed by atoms with E-state index in [0.29, 0.717) is 18.5 Å². The quantitative estimate of drug-likeness (QED) is 0.862. The van der Waals surface area contributed by atoms with E-state index in [2.05, 4.69) is 4.98 Å². The molecule has 2 aromatic rings. The number of hydrogen-bond donors (Lipinski definition) is 1. The van der Waals surface area contributed by atoms with Crippen LogP contribution in [0, 0.1) is 0 Å². The monoisotopic (exact) mass is 300 g/mol. The number of carbonyl (C=O) groups excluding carboxylic acids is 1. The van der Waals surface area contributed by atoms with Gasteiger partial charge in [-0.3, -0.25) is 0 Å². The van der Waals surface area contributed by atoms with Gasteiger partial charge in [0.1, 0.15) is 12.3 Å². The minimum Gasteiger partial charge on any atom is -0.458 e. The van der Waals surface area contributed by atoms with Gasteiger partial charge in [-0.25, -0.2) is 9.78 Å². The Morgan fingerprint density at radius 1 is 1.41 bits per heavy atom. The smallest absolute Gasteiger partial charge is 0.356 e. The minimum absolute atomic E-state index is 0.0157. The van der Waals surface area contributed by atoms with Crippen LogP contribution in [-0.4, -0.2) is 32.8 Å². The largest absolute Gasteiger partial charge is 0.458 e. The van der Waals surface area contributed by atoms with Gasteiger partial charge in [-0.2, -0.15) is 0 Å². The van der Waals surface area contributed by atoms with Crippen molar-refractivity contribution in [1.29, 1.82) is 0 Å². The van der Waals surface area contributed by atoms with Crippen LogP contribution in [0.4, 0.5) is 0 Å². The number of hydrogen-bond acceptors (Lipinski definition) is 4. The Kier molecular flexibility index (Phi) is 3.98. The lowest BCUT2D eigenvalue weighted by atomic mass is 9.81. The second kappa shape index (κ2) is 5.93.